The number of hydrogen-bond donors (Lipinski definition) is 1. The lowest BCUT2D eigenvalue weighted by Gasteiger charge is -2.05. The molecule has 0 spiro atoms. The maximum absolute atomic E-state index is 11.1. The van der Waals surface area contributed by atoms with Crippen molar-refractivity contribution < 1.29 is 14.3 Å². The highest BCUT2D eigenvalue weighted by atomic mass is 16.5. The van der Waals surface area contributed by atoms with E-state index in [0.717, 1.165) is 32.3 Å². The molecule has 0 saturated heterocycles. The molecular formula is C13H25NO3. The van der Waals surface area contributed by atoms with Crippen molar-refractivity contribution in [1.82, 2.24) is 0 Å². The SMILES string of the molecule is CCCCOCC=C(COCCCC)C(N)=O. The molecule has 0 heterocycles. The molecule has 0 aliphatic rings. The van der Waals surface area contributed by atoms with E-state index in [9.17, 15) is 4.79 Å². The van der Waals surface area contributed by atoms with Crippen LogP contribution in [0.4, 0.5) is 0 Å². The Balaban J connectivity index is 3.79. The number of ether oxygens (including phenoxy) is 2. The molecule has 0 bridgehead atoms. The van der Waals surface area contributed by atoms with Gasteiger partial charge in [0, 0.05) is 18.8 Å². The average molecular weight is 243 g/mol. The van der Waals surface area contributed by atoms with Crippen LogP contribution in [0.25, 0.3) is 0 Å². The van der Waals surface area contributed by atoms with Crippen LogP contribution in [0.3, 0.4) is 0 Å². The number of carbonyl (C=O) groups excluding carboxylic acids is 1. The number of carbonyl (C=O) groups is 1. The number of amides is 1. The van der Waals surface area contributed by atoms with Crippen molar-refractivity contribution in [1.29, 1.82) is 0 Å². The predicted octanol–water partition coefficient (Wildman–Crippen LogP) is 2.03. The third-order valence-electron chi connectivity index (χ3n) is 2.31. The molecule has 0 unspecified atom stereocenters. The van der Waals surface area contributed by atoms with Crippen molar-refractivity contribution in [3.8, 4) is 0 Å². The topological polar surface area (TPSA) is 61.6 Å². The van der Waals surface area contributed by atoms with Crippen LogP contribution in [0.15, 0.2) is 11.6 Å². The highest BCUT2D eigenvalue weighted by molar-refractivity contribution is 5.92. The van der Waals surface area contributed by atoms with Crippen molar-refractivity contribution in [3.63, 3.8) is 0 Å². The minimum atomic E-state index is -0.430. The summed E-state index contributed by atoms with van der Waals surface area (Å²) in [6, 6.07) is 0. The Morgan fingerprint density at radius 1 is 1.12 bits per heavy atom. The Bertz CT molecular complexity index is 227. The first-order valence-corrected chi connectivity index (χ1v) is 6.36. The number of rotatable bonds is 11. The molecule has 0 aromatic heterocycles. The Labute approximate surface area is 104 Å². The minimum absolute atomic E-state index is 0.284. The van der Waals surface area contributed by atoms with Gasteiger partial charge in [-0.3, -0.25) is 4.79 Å². The van der Waals surface area contributed by atoms with Crippen LogP contribution in [0, 0.1) is 0 Å². The molecule has 0 aliphatic carbocycles. The second kappa shape index (κ2) is 11.6. The molecule has 0 aromatic carbocycles. The lowest BCUT2D eigenvalue weighted by atomic mass is 10.2. The number of primary amides is 1. The van der Waals surface area contributed by atoms with Gasteiger partial charge in [0.25, 0.3) is 0 Å². The summed E-state index contributed by atoms with van der Waals surface area (Å²) in [6.45, 7) is 6.29. The maximum Gasteiger partial charge on any atom is 0.246 e. The highest BCUT2D eigenvalue weighted by Crippen LogP contribution is 1.98. The lowest BCUT2D eigenvalue weighted by molar-refractivity contribution is -0.115. The van der Waals surface area contributed by atoms with E-state index in [1.165, 1.54) is 0 Å². The van der Waals surface area contributed by atoms with Crippen LogP contribution >= 0.6 is 0 Å². The fourth-order valence-electron chi connectivity index (χ4n) is 1.15. The monoisotopic (exact) mass is 243 g/mol. The zero-order chi connectivity index (χ0) is 12.9. The summed E-state index contributed by atoms with van der Waals surface area (Å²) in [6.07, 6.45) is 5.93. The zero-order valence-corrected chi connectivity index (χ0v) is 11.0. The van der Waals surface area contributed by atoms with Gasteiger partial charge >= 0.3 is 0 Å². The molecule has 1 amide bonds. The summed E-state index contributed by atoms with van der Waals surface area (Å²) in [5, 5.41) is 0. The van der Waals surface area contributed by atoms with Gasteiger partial charge in [0.15, 0.2) is 0 Å². The Kier molecular flexibility index (Phi) is 11.0. The van der Waals surface area contributed by atoms with Gasteiger partial charge in [0.05, 0.1) is 13.2 Å². The van der Waals surface area contributed by atoms with Crippen LogP contribution in [0.5, 0.6) is 0 Å². The van der Waals surface area contributed by atoms with E-state index >= 15 is 0 Å². The van der Waals surface area contributed by atoms with E-state index in [2.05, 4.69) is 13.8 Å². The first-order chi connectivity index (χ1) is 8.22. The second-order valence-electron chi connectivity index (χ2n) is 3.93. The van der Waals surface area contributed by atoms with E-state index in [1.54, 1.807) is 6.08 Å². The van der Waals surface area contributed by atoms with Gasteiger partial charge in [0.1, 0.15) is 0 Å². The van der Waals surface area contributed by atoms with E-state index in [0.29, 0.717) is 18.8 Å². The van der Waals surface area contributed by atoms with Crippen molar-refractivity contribution in [2.45, 2.75) is 39.5 Å². The van der Waals surface area contributed by atoms with E-state index in [-0.39, 0.29) is 6.61 Å². The predicted molar refractivity (Wildman–Crippen MR) is 68.7 cm³/mol. The van der Waals surface area contributed by atoms with E-state index in [1.807, 2.05) is 0 Å². The van der Waals surface area contributed by atoms with Gasteiger partial charge in [-0.05, 0) is 18.9 Å². The molecule has 2 N–H and O–H groups in total. The highest BCUT2D eigenvalue weighted by Gasteiger charge is 2.04. The normalized spacial score (nSPS) is 11.8. The Hall–Kier alpha value is -0.870. The van der Waals surface area contributed by atoms with Crippen LogP contribution in [-0.4, -0.2) is 32.3 Å². The molecule has 0 fully saturated rings. The third kappa shape index (κ3) is 10.0. The molecule has 0 rings (SSSR count). The fourth-order valence-corrected chi connectivity index (χ4v) is 1.15. The van der Waals surface area contributed by atoms with Gasteiger partial charge < -0.3 is 15.2 Å². The lowest BCUT2D eigenvalue weighted by Crippen LogP contribution is -2.19. The fraction of sp³-hybridized carbons (Fsp3) is 0.769. The summed E-state index contributed by atoms with van der Waals surface area (Å²) in [5.41, 5.74) is 5.75. The molecule has 4 heteroatoms. The smallest absolute Gasteiger partial charge is 0.246 e. The Morgan fingerprint density at radius 3 is 2.24 bits per heavy atom. The third-order valence-corrected chi connectivity index (χ3v) is 2.31. The largest absolute Gasteiger partial charge is 0.377 e. The summed E-state index contributed by atoms with van der Waals surface area (Å²) in [4.78, 5) is 11.1. The van der Waals surface area contributed by atoms with Crippen LogP contribution in [-0.2, 0) is 14.3 Å². The summed E-state index contributed by atoms with van der Waals surface area (Å²) in [7, 11) is 0. The summed E-state index contributed by atoms with van der Waals surface area (Å²) < 4.78 is 10.7. The molecule has 4 nitrogen and oxygen atoms in total. The first-order valence-electron chi connectivity index (χ1n) is 6.36. The molecule has 0 aromatic rings. The van der Waals surface area contributed by atoms with Crippen molar-refractivity contribution >= 4 is 5.91 Å². The van der Waals surface area contributed by atoms with Crippen LogP contribution in [0.1, 0.15) is 39.5 Å². The van der Waals surface area contributed by atoms with E-state index in [4.69, 9.17) is 15.2 Å². The van der Waals surface area contributed by atoms with Gasteiger partial charge in [-0.25, -0.2) is 0 Å². The molecule has 0 saturated carbocycles. The van der Waals surface area contributed by atoms with Crippen LogP contribution < -0.4 is 5.73 Å². The van der Waals surface area contributed by atoms with E-state index < -0.39 is 5.91 Å². The van der Waals surface area contributed by atoms with Crippen molar-refractivity contribution in [2.75, 3.05) is 26.4 Å². The quantitative estimate of drug-likeness (QED) is 0.446. The first kappa shape index (κ1) is 16.1. The average Bonchev–Trinajstić information content (AvgIpc) is 2.31. The summed E-state index contributed by atoms with van der Waals surface area (Å²) >= 11 is 0. The molecule has 17 heavy (non-hydrogen) atoms. The Morgan fingerprint density at radius 2 is 1.71 bits per heavy atom. The number of hydrogen-bond acceptors (Lipinski definition) is 3. The zero-order valence-electron chi connectivity index (χ0n) is 11.0. The molecule has 0 atom stereocenters. The van der Waals surface area contributed by atoms with Gasteiger partial charge in [-0.2, -0.15) is 0 Å². The second-order valence-corrected chi connectivity index (χ2v) is 3.93. The molecule has 0 aliphatic heterocycles. The summed E-state index contributed by atoms with van der Waals surface area (Å²) in [5.74, 6) is -0.430. The molecule has 0 radical (unpaired) electrons. The van der Waals surface area contributed by atoms with Crippen molar-refractivity contribution in [2.24, 2.45) is 5.73 Å². The molecular weight excluding hydrogens is 218 g/mol. The van der Waals surface area contributed by atoms with Crippen LogP contribution in [0.2, 0.25) is 0 Å². The molecule has 100 valence electrons. The van der Waals surface area contributed by atoms with Gasteiger partial charge in [-0.1, -0.05) is 26.7 Å². The van der Waals surface area contributed by atoms with Crippen molar-refractivity contribution in [3.05, 3.63) is 11.6 Å². The maximum atomic E-state index is 11.1. The number of nitrogens with two attached hydrogens (primary N) is 1. The van der Waals surface area contributed by atoms with Gasteiger partial charge in [0.2, 0.25) is 5.91 Å². The standard InChI is InChI=1S/C13H25NO3/c1-3-5-8-16-10-7-12(13(14)15)11-17-9-6-4-2/h7H,3-6,8-11H2,1-2H3,(H2,14,15). The number of unbranched alkanes of at least 4 members (excludes halogenated alkanes) is 2. The van der Waals surface area contributed by atoms with Gasteiger partial charge in [-0.15, -0.1) is 0 Å². The minimum Gasteiger partial charge on any atom is -0.377 e.